The van der Waals surface area contributed by atoms with Gasteiger partial charge in [0.05, 0.1) is 22.8 Å². The van der Waals surface area contributed by atoms with Gasteiger partial charge in [-0.15, -0.1) is 0 Å². The van der Waals surface area contributed by atoms with Crippen LogP contribution in [0.1, 0.15) is 12.5 Å². The van der Waals surface area contributed by atoms with E-state index in [1.165, 1.54) is 5.01 Å². The summed E-state index contributed by atoms with van der Waals surface area (Å²) < 4.78 is 0. The summed E-state index contributed by atoms with van der Waals surface area (Å²) in [5, 5.41) is 13.9. The van der Waals surface area contributed by atoms with E-state index < -0.39 is 0 Å². The quantitative estimate of drug-likeness (QED) is 0.879. The summed E-state index contributed by atoms with van der Waals surface area (Å²) in [6, 6.07) is 15.6. The van der Waals surface area contributed by atoms with Gasteiger partial charge in [0, 0.05) is 0 Å². The topological polar surface area (TPSA) is 84.7 Å². The zero-order chi connectivity index (χ0) is 15.3. The Balaban J connectivity index is 0.00000156. The number of allylic oxidation sites excluding steroid dienone is 1. The van der Waals surface area contributed by atoms with Crippen LogP contribution in [0.15, 0.2) is 65.1 Å². The first-order valence-corrected chi connectivity index (χ1v) is 7.11. The summed E-state index contributed by atoms with van der Waals surface area (Å²) in [5.74, 6) is 0.0969. The molecule has 3 N–H and O–H groups in total. The number of hydrogen-bond donors (Lipinski definition) is 1. The van der Waals surface area contributed by atoms with Gasteiger partial charge in [0.1, 0.15) is 5.70 Å². The van der Waals surface area contributed by atoms with Crippen LogP contribution in [0.5, 0.6) is 0 Å². The molecule has 0 aliphatic carbocycles. The highest BCUT2D eigenvalue weighted by molar-refractivity contribution is 6.07. The van der Waals surface area contributed by atoms with Crippen LogP contribution in [-0.4, -0.2) is 16.3 Å². The molecule has 23 heavy (non-hydrogen) atoms. The minimum absolute atomic E-state index is 0. The lowest BCUT2D eigenvalue weighted by atomic mass is 10.1. The summed E-state index contributed by atoms with van der Waals surface area (Å²) in [4.78, 5) is 4.55. The number of aliphatic hydroxyl groups excluding tert-OH is 1. The van der Waals surface area contributed by atoms with Crippen molar-refractivity contribution in [3.05, 3.63) is 65.7 Å². The number of para-hydroxylation sites is 2. The van der Waals surface area contributed by atoms with Gasteiger partial charge in [0.25, 0.3) is 0 Å². The number of nitrogens with zero attached hydrogens (tertiary/aromatic N) is 4. The second kappa shape index (κ2) is 5.42. The number of aliphatic imine (C=N–C) groups is 1. The van der Waals surface area contributed by atoms with E-state index in [4.69, 9.17) is 0 Å². The molecule has 0 spiro atoms. The summed E-state index contributed by atoms with van der Waals surface area (Å²) in [6.07, 6.45) is 0. The fourth-order valence-electron chi connectivity index (χ4n) is 2.69. The number of aliphatic hydroxyl groups is 1. The molecule has 0 saturated carbocycles. The normalized spacial score (nSPS) is 15.8. The van der Waals surface area contributed by atoms with Crippen LogP contribution in [0.25, 0.3) is 0 Å². The molecule has 0 aromatic heterocycles. The van der Waals surface area contributed by atoms with E-state index in [9.17, 15) is 5.11 Å². The molecular formula is C17H17N4O2. The molecule has 6 heteroatoms. The van der Waals surface area contributed by atoms with Crippen molar-refractivity contribution in [2.45, 2.75) is 13.8 Å². The van der Waals surface area contributed by atoms with Crippen molar-refractivity contribution in [3.63, 3.8) is 0 Å². The van der Waals surface area contributed by atoms with Crippen LogP contribution in [0, 0.1) is 6.92 Å². The Hall–Kier alpha value is -2.83. The van der Waals surface area contributed by atoms with Gasteiger partial charge in [-0.25, -0.2) is 15.0 Å². The third kappa shape index (κ3) is 2.25. The van der Waals surface area contributed by atoms with E-state index in [2.05, 4.69) is 10.5 Å². The lowest BCUT2D eigenvalue weighted by Gasteiger charge is -2.25. The number of rotatable bonds is 1. The van der Waals surface area contributed by atoms with Gasteiger partial charge in [0.2, 0.25) is 5.88 Å². The van der Waals surface area contributed by atoms with Crippen molar-refractivity contribution in [1.82, 2.24) is 5.53 Å². The van der Waals surface area contributed by atoms with Crippen LogP contribution in [0.4, 0.5) is 17.1 Å². The maximum absolute atomic E-state index is 10.6. The standard InChI is InChI=1S/C17H15N4O.H2O/c1-11-7-9-13(10-8-11)20-17(22)16-12(2)18-14-5-3-4-6-15(14)21(16)19-20;/h3-10,22H,1-2H3;1H2. The molecule has 2 aliphatic rings. The molecular weight excluding hydrogens is 292 g/mol. The minimum atomic E-state index is 0. The third-order valence-electron chi connectivity index (χ3n) is 3.82. The molecule has 0 fully saturated rings. The highest BCUT2D eigenvalue weighted by Crippen LogP contribution is 2.40. The largest absolute Gasteiger partial charge is 0.492 e. The molecule has 2 heterocycles. The molecule has 2 aromatic rings. The number of fused-ring (bicyclic) bond motifs is 3. The zero-order valence-electron chi connectivity index (χ0n) is 12.9. The maximum Gasteiger partial charge on any atom is 0.237 e. The van der Waals surface area contributed by atoms with Crippen molar-refractivity contribution in [2.24, 2.45) is 4.99 Å². The molecule has 117 valence electrons. The van der Waals surface area contributed by atoms with Gasteiger partial charge in [-0.1, -0.05) is 29.8 Å². The zero-order valence-corrected chi connectivity index (χ0v) is 12.9. The van der Waals surface area contributed by atoms with Crippen LogP contribution in [0.3, 0.4) is 0 Å². The van der Waals surface area contributed by atoms with E-state index in [0.717, 1.165) is 28.3 Å². The van der Waals surface area contributed by atoms with Crippen molar-refractivity contribution in [1.29, 1.82) is 0 Å². The van der Waals surface area contributed by atoms with Gasteiger partial charge in [0.15, 0.2) is 0 Å². The summed E-state index contributed by atoms with van der Waals surface area (Å²) in [6.45, 7) is 3.90. The van der Waals surface area contributed by atoms with Crippen LogP contribution >= 0.6 is 0 Å². The lowest BCUT2D eigenvalue weighted by molar-refractivity contribution is 0.387. The Kier molecular flexibility index (Phi) is 3.55. The third-order valence-corrected chi connectivity index (χ3v) is 3.82. The molecule has 0 bridgehead atoms. The van der Waals surface area contributed by atoms with E-state index in [0.29, 0.717) is 5.70 Å². The molecule has 6 nitrogen and oxygen atoms in total. The molecule has 4 rings (SSSR count). The first kappa shape index (κ1) is 15.1. The van der Waals surface area contributed by atoms with Crippen molar-refractivity contribution < 1.29 is 10.6 Å². The molecule has 0 atom stereocenters. The predicted octanol–water partition coefficient (Wildman–Crippen LogP) is 2.76. The molecule has 2 aromatic carbocycles. The number of aryl methyl sites for hydroxylation is 1. The average molecular weight is 309 g/mol. The second-order valence-electron chi connectivity index (χ2n) is 5.41. The van der Waals surface area contributed by atoms with Crippen LogP contribution < -0.4 is 15.6 Å². The van der Waals surface area contributed by atoms with Gasteiger partial charge < -0.3 is 10.6 Å². The van der Waals surface area contributed by atoms with Crippen LogP contribution in [0.2, 0.25) is 0 Å². The van der Waals surface area contributed by atoms with E-state index in [-0.39, 0.29) is 11.4 Å². The highest BCUT2D eigenvalue weighted by Gasteiger charge is 2.37. The number of benzene rings is 2. The monoisotopic (exact) mass is 309 g/mol. The van der Waals surface area contributed by atoms with E-state index in [1.807, 2.05) is 62.4 Å². The number of anilines is 2. The first-order chi connectivity index (χ1) is 10.6. The van der Waals surface area contributed by atoms with Gasteiger partial charge >= 0.3 is 0 Å². The first-order valence-electron chi connectivity index (χ1n) is 7.11. The van der Waals surface area contributed by atoms with Gasteiger partial charge in [-0.2, -0.15) is 0 Å². The fourth-order valence-corrected chi connectivity index (χ4v) is 2.69. The molecule has 0 unspecified atom stereocenters. The fraction of sp³-hybridized carbons (Fsp3) is 0.118. The average Bonchev–Trinajstić information content (AvgIpc) is 2.87. The van der Waals surface area contributed by atoms with Crippen molar-refractivity contribution >= 4 is 22.8 Å². The highest BCUT2D eigenvalue weighted by atomic mass is 16.3. The summed E-state index contributed by atoms with van der Waals surface area (Å²) in [5.41, 5.74) is 9.61. The van der Waals surface area contributed by atoms with Crippen molar-refractivity contribution in [3.8, 4) is 0 Å². The predicted molar refractivity (Wildman–Crippen MR) is 90.8 cm³/mol. The SMILES string of the molecule is CC1=Nc2ccccc2N2[N]N(c3ccc(C)cc3)C(O)=C12.O. The van der Waals surface area contributed by atoms with E-state index in [1.54, 1.807) is 5.01 Å². The van der Waals surface area contributed by atoms with Gasteiger partial charge in [-0.05, 0) is 43.6 Å². The molecule has 0 amide bonds. The maximum atomic E-state index is 10.6. The smallest absolute Gasteiger partial charge is 0.237 e. The molecule has 0 saturated heterocycles. The Morgan fingerprint density at radius 3 is 2.35 bits per heavy atom. The van der Waals surface area contributed by atoms with Crippen molar-refractivity contribution in [2.75, 3.05) is 10.0 Å². The molecule has 1 radical (unpaired) electrons. The second-order valence-corrected chi connectivity index (χ2v) is 5.41. The minimum Gasteiger partial charge on any atom is -0.492 e. The Bertz CT molecular complexity index is 812. The lowest BCUT2D eigenvalue weighted by Crippen LogP contribution is -2.36. The molecule has 2 aliphatic heterocycles. The van der Waals surface area contributed by atoms with E-state index >= 15 is 0 Å². The van der Waals surface area contributed by atoms with Crippen LogP contribution in [-0.2, 0) is 0 Å². The Morgan fingerprint density at radius 2 is 1.61 bits per heavy atom. The Labute approximate surface area is 134 Å². The van der Waals surface area contributed by atoms with Gasteiger partial charge in [-0.3, -0.25) is 0 Å². The summed E-state index contributed by atoms with van der Waals surface area (Å²) in [7, 11) is 0. The number of hydrogen-bond acceptors (Lipinski definition) is 4. The Morgan fingerprint density at radius 1 is 0.913 bits per heavy atom. The summed E-state index contributed by atoms with van der Waals surface area (Å²) >= 11 is 0.